The molecule has 0 aromatic carbocycles. The summed E-state index contributed by atoms with van der Waals surface area (Å²) in [6.07, 6.45) is -3.26. The van der Waals surface area contributed by atoms with Crippen molar-refractivity contribution in [3.63, 3.8) is 0 Å². The number of alkyl halides is 3. The summed E-state index contributed by atoms with van der Waals surface area (Å²) in [5, 5.41) is -0.991. The Morgan fingerprint density at radius 1 is 1.38 bits per heavy atom. The van der Waals surface area contributed by atoms with Gasteiger partial charge in [0.1, 0.15) is 5.03 Å². The fourth-order valence-electron chi connectivity index (χ4n) is 1.55. The van der Waals surface area contributed by atoms with Crippen LogP contribution in [-0.2, 0) is 0 Å². The van der Waals surface area contributed by atoms with Crippen molar-refractivity contribution in [1.82, 2.24) is 0 Å². The molecule has 76 valence electrons. The van der Waals surface area contributed by atoms with Gasteiger partial charge in [0.25, 0.3) is 0 Å². The van der Waals surface area contributed by atoms with Gasteiger partial charge in [-0.05, 0) is 17.3 Å². The minimum atomic E-state index is -4.39. The lowest BCUT2D eigenvalue weighted by molar-refractivity contribution is -0.0848. The van der Waals surface area contributed by atoms with Gasteiger partial charge in [-0.25, -0.2) is 0 Å². The quantitative estimate of drug-likeness (QED) is 0.617. The smallest absolute Gasteiger partial charge is 0.165 e. The highest BCUT2D eigenvalue weighted by Crippen LogP contribution is 2.59. The van der Waals surface area contributed by atoms with E-state index in [4.69, 9.17) is 11.6 Å². The van der Waals surface area contributed by atoms with Gasteiger partial charge in [-0.3, -0.25) is 0 Å². The Morgan fingerprint density at radius 3 is 2.00 bits per heavy atom. The van der Waals surface area contributed by atoms with Gasteiger partial charge >= 0.3 is 6.18 Å². The zero-order chi connectivity index (χ0) is 10.4. The Hall–Kier alpha value is -0.180. The first kappa shape index (κ1) is 10.9. The van der Waals surface area contributed by atoms with Crippen LogP contribution in [-0.4, -0.2) is 6.18 Å². The van der Waals surface area contributed by atoms with Crippen molar-refractivity contribution in [3.8, 4) is 0 Å². The Kier molecular flexibility index (Phi) is 2.44. The summed E-state index contributed by atoms with van der Waals surface area (Å²) < 4.78 is 36.0. The van der Waals surface area contributed by atoms with Gasteiger partial charge in [-0.1, -0.05) is 38.4 Å². The van der Waals surface area contributed by atoms with E-state index >= 15 is 0 Å². The summed E-state index contributed by atoms with van der Waals surface area (Å²) in [5.74, 6) is 0.241. The van der Waals surface area contributed by atoms with Crippen molar-refractivity contribution in [3.05, 3.63) is 11.1 Å². The largest absolute Gasteiger partial charge is 0.426 e. The molecule has 0 aliphatic heterocycles. The van der Waals surface area contributed by atoms with Crippen molar-refractivity contribution in [1.29, 1.82) is 0 Å². The fourth-order valence-corrected chi connectivity index (χ4v) is 1.69. The molecule has 4 heteroatoms. The van der Waals surface area contributed by atoms with Crippen LogP contribution in [0.1, 0.15) is 20.8 Å². The molecule has 1 saturated carbocycles. The van der Waals surface area contributed by atoms with Crippen LogP contribution in [0.3, 0.4) is 0 Å². The number of hydrogen-bond donors (Lipinski definition) is 0. The second kappa shape index (κ2) is 2.91. The third-order valence-electron chi connectivity index (χ3n) is 3.06. The van der Waals surface area contributed by atoms with Crippen molar-refractivity contribution < 1.29 is 13.2 Å². The molecule has 1 aliphatic carbocycles. The van der Waals surface area contributed by atoms with Crippen molar-refractivity contribution in [2.24, 2.45) is 17.3 Å². The van der Waals surface area contributed by atoms with Crippen LogP contribution < -0.4 is 0 Å². The number of allylic oxidation sites excluding steroid dienone is 2. The van der Waals surface area contributed by atoms with Gasteiger partial charge in [0.05, 0.1) is 0 Å². The summed E-state index contributed by atoms with van der Waals surface area (Å²) in [5.41, 5.74) is -0.0363. The summed E-state index contributed by atoms with van der Waals surface area (Å²) in [4.78, 5) is 0. The van der Waals surface area contributed by atoms with Gasteiger partial charge in [-0.2, -0.15) is 13.2 Å². The number of halogens is 4. The van der Waals surface area contributed by atoms with Gasteiger partial charge in [0, 0.05) is 0 Å². The molecular weight excluding hydrogens is 201 g/mol. The van der Waals surface area contributed by atoms with Crippen LogP contribution >= 0.6 is 11.6 Å². The van der Waals surface area contributed by atoms with Crippen molar-refractivity contribution in [2.45, 2.75) is 26.9 Å². The van der Waals surface area contributed by atoms with E-state index in [1.807, 2.05) is 20.8 Å². The lowest BCUT2D eigenvalue weighted by atomic mass is 10.1. The molecule has 0 N–H and O–H groups in total. The summed E-state index contributed by atoms with van der Waals surface area (Å²) in [6.45, 7) is 5.82. The van der Waals surface area contributed by atoms with Gasteiger partial charge in [0.15, 0.2) is 0 Å². The van der Waals surface area contributed by atoms with Crippen LogP contribution in [0.4, 0.5) is 13.2 Å². The molecule has 0 aromatic heterocycles. The fraction of sp³-hybridized carbons (Fsp3) is 0.778. The minimum absolute atomic E-state index is 0.0363. The minimum Gasteiger partial charge on any atom is -0.165 e. The molecule has 0 unspecified atom stereocenters. The molecular formula is C9H12ClF3. The monoisotopic (exact) mass is 212 g/mol. The maximum Gasteiger partial charge on any atom is 0.426 e. The predicted molar refractivity (Wildman–Crippen MR) is 46.4 cm³/mol. The molecule has 0 saturated heterocycles. The lowest BCUT2D eigenvalue weighted by Gasteiger charge is -2.04. The van der Waals surface area contributed by atoms with E-state index < -0.39 is 11.2 Å². The highest BCUT2D eigenvalue weighted by Gasteiger charge is 2.54. The molecule has 0 nitrogen and oxygen atoms in total. The van der Waals surface area contributed by atoms with Crippen LogP contribution in [0.2, 0.25) is 0 Å². The van der Waals surface area contributed by atoms with Crippen LogP contribution in [0.25, 0.3) is 0 Å². The van der Waals surface area contributed by atoms with E-state index in [1.165, 1.54) is 0 Å². The molecule has 0 radical (unpaired) electrons. The van der Waals surface area contributed by atoms with Crippen LogP contribution in [0, 0.1) is 17.3 Å². The maximum atomic E-state index is 12.0. The Morgan fingerprint density at radius 2 is 1.77 bits per heavy atom. The Balaban J connectivity index is 2.70. The summed E-state index contributed by atoms with van der Waals surface area (Å²) in [6, 6.07) is 0. The van der Waals surface area contributed by atoms with E-state index in [9.17, 15) is 13.2 Å². The van der Waals surface area contributed by atoms with Crippen LogP contribution in [0.15, 0.2) is 11.1 Å². The Bertz CT molecular complexity index is 240. The summed E-state index contributed by atoms with van der Waals surface area (Å²) >= 11 is 5.12. The van der Waals surface area contributed by atoms with E-state index in [1.54, 1.807) is 0 Å². The standard InChI is InChI=1S/C9H12ClF3/c1-5-6(8(5,2)3)4-7(10)9(11,12)13/h4-6H,1-3H3/b7-4+/t5-,6+/m1/s1. The first-order valence-electron chi connectivity index (χ1n) is 4.12. The number of hydrogen-bond acceptors (Lipinski definition) is 0. The maximum absolute atomic E-state index is 12.0. The molecule has 0 amide bonds. The predicted octanol–water partition coefficient (Wildman–Crippen LogP) is 3.96. The second-order valence-corrected chi connectivity index (χ2v) is 4.56. The SMILES string of the molecule is C[C@@H]1[C@H](/C=C(/Cl)C(F)(F)F)C1(C)C. The van der Waals surface area contributed by atoms with E-state index in [2.05, 4.69) is 0 Å². The third-order valence-corrected chi connectivity index (χ3v) is 3.40. The van der Waals surface area contributed by atoms with Gasteiger partial charge in [-0.15, -0.1) is 0 Å². The molecule has 1 rings (SSSR count). The highest BCUT2D eigenvalue weighted by atomic mass is 35.5. The molecule has 1 fully saturated rings. The normalized spacial score (nSPS) is 33.3. The van der Waals surface area contributed by atoms with Crippen molar-refractivity contribution in [2.75, 3.05) is 0 Å². The molecule has 2 atom stereocenters. The van der Waals surface area contributed by atoms with E-state index in [0.29, 0.717) is 0 Å². The first-order valence-corrected chi connectivity index (χ1v) is 4.49. The summed E-state index contributed by atoms with van der Waals surface area (Å²) in [7, 11) is 0. The second-order valence-electron chi connectivity index (χ2n) is 4.15. The topological polar surface area (TPSA) is 0 Å². The average molecular weight is 213 g/mol. The van der Waals surface area contributed by atoms with Crippen molar-refractivity contribution >= 4 is 11.6 Å². The van der Waals surface area contributed by atoms with Gasteiger partial charge < -0.3 is 0 Å². The molecule has 1 aliphatic rings. The van der Waals surface area contributed by atoms with E-state index in [-0.39, 0.29) is 17.3 Å². The molecule has 13 heavy (non-hydrogen) atoms. The van der Waals surface area contributed by atoms with Gasteiger partial charge in [0.2, 0.25) is 0 Å². The van der Waals surface area contributed by atoms with Crippen LogP contribution in [0.5, 0.6) is 0 Å². The molecule has 0 bridgehead atoms. The molecule has 0 spiro atoms. The average Bonchev–Trinajstić information content (AvgIpc) is 2.36. The van der Waals surface area contributed by atoms with E-state index in [0.717, 1.165) is 6.08 Å². The molecule has 0 aromatic rings. The highest BCUT2D eigenvalue weighted by molar-refractivity contribution is 6.30. The zero-order valence-corrected chi connectivity index (χ0v) is 8.50. The third kappa shape index (κ3) is 2.01. The lowest BCUT2D eigenvalue weighted by Crippen LogP contribution is -2.07. The zero-order valence-electron chi connectivity index (χ0n) is 7.74. The Labute approximate surface area is 80.8 Å². The first-order chi connectivity index (χ1) is 5.67. The number of rotatable bonds is 1. The molecule has 0 heterocycles.